The minimum absolute atomic E-state index is 0.0806. The summed E-state index contributed by atoms with van der Waals surface area (Å²) in [5, 5.41) is 19.4. The molecule has 0 saturated carbocycles. The molecule has 12 nitrogen and oxygen atoms in total. The average molecular weight is 621 g/mol. The van der Waals surface area contributed by atoms with Crippen LogP contribution in [0.3, 0.4) is 0 Å². The molecular formula is C34H36N8O4. The van der Waals surface area contributed by atoms with Crippen LogP contribution in [0.2, 0.25) is 0 Å². The Morgan fingerprint density at radius 1 is 0.978 bits per heavy atom. The van der Waals surface area contributed by atoms with E-state index in [9.17, 15) is 19.5 Å². The van der Waals surface area contributed by atoms with Crippen LogP contribution in [0.15, 0.2) is 82.8 Å². The molecule has 12 heteroatoms. The number of aryl methyl sites for hydroxylation is 1. The third kappa shape index (κ3) is 5.82. The second kappa shape index (κ2) is 12.5. The maximum absolute atomic E-state index is 13.6. The summed E-state index contributed by atoms with van der Waals surface area (Å²) in [6.45, 7) is 4.01. The van der Waals surface area contributed by atoms with Crippen molar-refractivity contribution in [3.05, 3.63) is 99.5 Å². The van der Waals surface area contributed by atoms with Crippen LogP contribution < -0.4 is 26.2 Å². The molecule has 1 aliphatic rings. The number of pyridine rings is 2. The first-order valence-electron chi connectivity index (χ1n) is 15.0. The third-order valence-electron chi connectivity index (χ3n) is 8.42. The summed E-state index contributed by atoms with van der Waals surface area (Å²) in [7, 11) is 5.53. The van der Waals surface area contributed by atoms with E-state index in [1.165, 1.54) is 9.25 Å². The van der Waals surface area contributed by atoms with Gasteiger partial charge in [-0.1, -0.05) is 12.1 Å². The molecule has 0 bridgehead atoms. The number of carbonyl (C=O) groups excluding carboxylic acids is 1. The van der Waals surface area contributed by atoms with Crippen molar-refractivity contribution in [3.8, 4) is 16.8 Å². The van der Waals surface area contributed by atoms with Gasteiger partial charge in [-0.25, -0.2) is 4.98 Å². The first-order chi connectivity index (χ1) is 22.1. The van der Waals surface area contributed by atoms with Gasteiger partial charge in [-0.3, -0.25) is 14.4 Å². The standard InChI is InChI=1S/C34H36N8O4/c1-22(44)40-12-14-41(15-13-40)26-9-11-32(35-19-26)37-30-17-24(20-39(4)34(30)46)27-6-5-7-31(29(27)21-43)42-33(45)28-10-8-25(38(2)3)16-23(28)18-36-42/h5-11,16-20,43H,12-15,21H2,1-4H3,(H,35,37). The minimum atomic E-state index is -0.355. The lowest BCUT2D eigenvalue weighted by Crippen LogP contribution is -2.48. The highest BCUT2D eigenvalue weighted by Crippen LogP contribution is 2.30. The quantitative estimate of drug-likeness (QED) is 0.282. The van der Waals surface area contributed by atoms with Gasteiger partial charge in [-0.2, -0.15) is 9.78 Å². The Bertz CT molecular complexity index is 2040. The number of aliphatic hydroxyl groups excluding tert-OH is 1. The fraction of sp³-hybridized carbons (Fsp3) is 0.265. The highest BCUT2D eigenvalue weighted by atomic mass is 16.3. The number of piperazine rings is 1. The van der Waals surface area contributed by atoms with Gasteiger partial charge in [0.1, 0.15) is 11.5 Å². The third-order valence-corrected chi connectivity index (χ3v) is 8.42. The molecule has 236 valence electrons. The summed E-state index contributed by atoms with van der Waals surface area (Å²) in [6.07, 6.45) is 5.10. The number of hydrogen-bond acceptors (Lipinski definition) is 9. The molecule has 46 heavy (non-hydrogen) atoms. The number of rotatable bonds is 7. The fourth-order valence-corrected chi connectivity index (χ4v) is 5.81. The van der Waals surface area contributed by atoms with Crippen LogP contribution in [0.5, 0.6) is 0 Å². The number of amides is 1. The second-order valence-electron chi connectivity index (χ2n) is 11.6. The zero-order chi connectivity index (χ0) is 32.5. The van der Waals surface area contributed by atoms with Gasteiger partial charge in [0.05, 0.1) is 35.8 Å². The predicted molar refractivity (Wildman–Crippen MR) is 180 cm³/mol. The Balaban J connectivity index is 1.31. The molecule has 0 atom stereocenters. The zero-order valence-electron chi connectivity index (χ0n) is 26.3. The van der Waals surface area contributed by atoms with Crippen molar-refractivity contribution >= 4 is 39.6 Å². The fourth-order valence-electron chi connectivity index (χ4n) is 5.81. The number of anilines is 4. The smallest absolute Gasteiger partial charge is 0.279 e. The lowest BCUT2D eigenvalue weighted by molar-refractivity contribution is -0.129. The monoisotopic (exact) mass is 620 g/mol. The van der Waals surface area contributed by atoms with Crippen LogP contribution in [-0.2, 0) is 18.4 Å². The van der Waals surface area contributed by atoms with Gasteiger partial charge < -0.3 is 29.7 Å². The molecule has 3 aromatic heterocycles. The van der Waals surface area contributed by atoms with E-state index >= 15 is 0 Å². The molecule has 1 aliphatic heterocycles. The summed E-state index contributed by atoms with van der Waals surface area (Å²) in [5.41, 5.74) is 3.93. The Morgan fingerprint density at radius 2 is 1.76 bits per heavy atom. The van der Waals surface area contributed by atoms with Crippen LogP contribution in [-0.4, -0.2) is 75.5 Å². The van der Waals surface area contributed by atoms with Crippen LogP contribution in [0, 0.1) is 0 Å². The lowest BCUT2D eigenvalue weighted by atomic mass is 9.99. The lowest BCUT2D eigenvalue weighted by Gasteiger charge is -2.35. The first kappa shape index (κ1) is 30.5. The Morgan fingerprint density at radius 3 is 2.43 bits per heavy atom. The number of benzene rings is 2. The molecule has 0 spiro atoms. The molecule has 5 aromatic rings. The molecule has 1 saturated heterocycles. The van der Waals surface area contributed by atoms with E-state index in [-0.39, 0.29) is 23.6 Å². The van der Waals surface area contributed by atoms with E-state index in [0.29, 0.717) is 52.4 Å². The zero-order valence-corrected chi connectivity index (χ0v) is 26.3. The number of nitrogens with zero attached hydrogens (tertiary/aromatic N) is 7. The second-order valence-corrected chi connectivity index (χ2v) is 11.6. The van der Waals surface area contributed by atoms with E-state index in [0.717, 1.165) is 29.9 Å². The average Bonchev–Trinajstić information content (AvgIpc) is 3.06. The summed E-state index contributed by atoms with van der Waals surface area (Å²) >= 11 is 0. The Labute approximate surface area is 265 Å². The van der Waals surface area contributed by atoms with Gasteiger partial charge in [0.2, 0.25) is 5.91 Å². The number of nitrogens with one attached hydrogen (secondary N) is 1. The SMILES string of the molecule is CC(=O)N1CCN(c2ccc(Nc3cc(-c4cccc(-n5ncc6cc(N(C)C)ccc6c5=O)c4CO)cn(C)c3=O)nc2)CC1. The largest absolute Gasteiger partial charge is 0.392 e. The van der Waals surface area contributed by atoms with E-state index in [2.05, 4.69) is 20.3 Å². The van der Waals surface area contributed by atoms with Crippen LogP contribution in [0.1, 0.15) is 12.5 Å². The topological polar surface area (TPSA) is 129 Å². The summed E-state index contributed by atoms with van der Waals surface area (Å²) in [6, 6.07) is 16.4. The molecule has 2 aromatic carbocycles. The summed E-state index contributed by atoms with van der Waals surface area (Å²) < 4.78 is 2.77. The van der Waals surface area contributed by atoms with Crippen molar-refractivity contribution in [1.82, 2.24) is 24.2 Å². The number of carbonyl (C=O) groups is 1. The van der Waals surface area contributed by atoms with Crippen LogP contribution in [0.25, 0.3) is 27.6 Å². The van der Waals surface area contributed by atoms with E-state index in [1.54, 1.807) is 56.8 Å². The molecule has 1 amide bonds. The summed E-state index contributed by atoms with van der Waals surface area (Å²) in [5.74, 6) is 0.581. The van der Waals surface area contributed by atoms with Gasteiger partial charge in [-0.05, 0) is 48.0 Å². The highest BCUT2D eigenvalue weighted by molar-refractivity contribution is 5.85. The summed E-state index contributed by atoms with van der Waals surface area (Å²) in [4.78, 5) is 48.9. The van der Waals surface area contributed by atoms with Gasteiger partial charge in [0.25, 0.3) is 11.1 Å². The molecule has 6 rings (SSSR count). The number of fused-ring (bicyclic) bond motifs is 1. The van der Waals surface area contributed by atoms with Crippen molar-refractivity contribution in [2.45, 2.75) is 13.5 Å². The van der Waals surface area contributed by atoms with E-state index in [1.807, 2.05) is 54.2 Å². The van der Waals surface area contributed by atoms with Crippen molar-refractivity contribution in [3.63, 3.8) is 0 Å². The minimum Gasteiger partial charge on any atom is -0.392 e. The Kier molecular flexibility index (Phi) is 8.29. The normalized spacial score (nSPS) is 13.2. The van der Waals surface area contributed by atoms with Gasteiger partial charge in [0.15, 0.2) is 0 Å². The van der Waals surface area contributed by atoms with Crippen molar-refractivity contribution in [2.75, 3.05) is 55.4 Å². The van der Waals surface area contributed by atoms with Gasteiger partial charge >= 0.3 is 0 Å². The van der Waals surface area contributed by atoms with Crippen LogP contribution in [0.4, 0.5) is 22.9 Å². The van der Waals surface area contributed by atoms with Crippen molar-refractivity contribution in [2.24, 2.45) is 7.05 Å². The molecule has 0 radical (unpaired) electrons. The van der Waals surface area contributed by atoms with Gasteiger partial charge in [0, 0.05) is 82.6 Å². The number of aromatic nitrogens is 4. The van der Waals surface area contributed by atoms with Crippen molar-refractivity contribution < 1.29 is 9.90 Å². The predicted octanol–water partition coefficient (Wildman–Crippen LogP) is 3.12. The molecule has 0 unspecified atom stereocenters. The molecule has 2 N–H and O–H groups in total. The molecule has 1 fully saturated rings. The molecule has 0 aliphatic carbocycles. The van der Waals surface area contributed by atoms with Crippen LogP contribution >= 0.6 is 0 Å². The molecule has 4 heterocycles. The Hall–Kier alpha value is -5.49. The van der Waals surface area contributed by atoms with E-state index in [4.69, 9.17) is 0 Å². The number of aliphatic hydroxyl groups is 1. The first-order valence-corrected chi connectivity index (χ1v) is 15.0. The molecular weight excluding hydrogens is 584 g/mol. The van der Waals surface area contributed by atoms with E-state index < -0.39 is 0 Å². The van der Waals surface area contributed by atoms with Crippen molar-refractivity contribution in [1.29, 1.82) is 0 Å². The maximum atomic E-state index is 13.6. The highest BCUT2D eigenvalue weighted by Gasteiger charge is 2.20. The van der Waals surface area contributed by atoms with Gasteiger partial charge in [-0.15, -0.1) is 0 Å². The maximum Gasteiger partial charge on any atom is 0.279 e. The number of hydrogen-bond donors (Lipinski definition) is 2.